The van der Waals surface area contributed by atoms with Crippen LogP contribution in [-0.4, -0.2) is 41.5 Å². The highest BCUT2D eigenvalue weighted by molar-refractivity contribution is 7.09. The van der Waals surface area contributed by atoms with Gasteiger partial charge in [-0.2, -0.15) is 0 Å². The van der Waals surface area contributed by atoms with Crippen LogP contribution in [0.3, 0.4) is 0 Å². The van der Waals surface area contributed by atoms with Crippen LogP contribution < -0.4 is 5.32 Å². The quantitative estimate of drug-likeness (QED) is 0.579. The highest BCUT2D eigenvalue weighted by Gasteiger charge is 2.36. The molecule has 1 fully saturated rings. The lowest BCUT2D eigenvalue weighted by Crippen LogP contribution is -2.52. The number of carbonyl (C=O) groups excluding carboxylic acids is 1. The van der Waals surface area contributed by atoms with Gasteiger partial charge in [-0.05, 0) is 53.8 Å². The van der Waals surface area contributed by atoms with Crippen LogP contribution in [0.4, 0.5) is 4.79 Å². The fraction of sp³-hybridized carbons (Fsp3) is 0.370. The number of carbonyl (C=O) groups is 1. The van der Waals surface area contributed by atoms with Gasteiger partial charge in [0.25, 0.3) is 0 Å². The smallest absolute Gasteiger partial charge is 0.318 e. The van der Waals surface area contributed by atoms with Gasteiger partial charge in [0, 0.05) is 37.1 Å². The summed E-state index contributed by atoms with van der Waals surface area (Å²) >= 11 is 1.83. The number of fused-ring (bicyclic) bond motifs is 1. The predicted octanol–water partition coefficient (Wildman–Crippen LogP) is 5.46. The molecule has 5 heteroatoms. The van der Waals surface area contributed by atoms with Crippen LogP contribution in [0.15, 0.2) is 72.1 Å². The Morgan fingerprint density at radius 2 is 1.72 bits per heavy atom. The molecule has 2 aliphatic heterocycles. The van der Waals surface area contributed by atoms with Crippen molar-refractivity contribution in [3.63, 3.8) is 0 Å². The normalized spacial score (nSPS) is 20.7. The molecule has 0 radical (unpaired) electrons. The van der Waals surface area contributed by atoms with Crippen molar-refractivity contribution >= 4 is 17.4 Å². The number of rotatable bonds is 4. The number of nitrogens with zero attached hydrogens (tertiary/aromatic N) is 2. The highest BCUT2D eigenvalue weighted by Crippen LogP contribution is 2.36. The van der Waals surface area contributed by atoms with Crippen molar-refractivity contribution in [2.45, 2.75) is 44.3 Å². The van der Waals surface area contributed by atoms with Crippen LogP contribution >= 0.6 is 11.3 Å². The van der Waals surface area contributed by atoms with E-state index in [1.54, 1.807) is 0 Å². The van der Waals surface area contributed by atoms with Crippen molar-refractivity contribution in [2.75, 3.05) is 19.6 Å². The van der Waals surface area contributed by atoms with Gasteiger partial charge in [0.05, 0.1) is 6.04 Å². The van der Waals surface area contributed by atoms with E-state index in [2.05, 4.69) is 87.2 Å². The lowest BCUT2D eigenvalue weighted by molar-refractivity contribution is 0.102. The van der Waals surface area contributed by atoms with Crippen LogP contribution in [0.1, 0.15) is 46.9 Å². The summed E-state index contributed by atoms with van der Waals surface area (Å²) in [6.07, 6.45) is 3.97. The van der Waals surface area contributed by atoms with Crippen LogP contribution in [0, 0.1) is 0 Å². The van der Waals surface area contributed by atoms with Gasteiger partial charge in [-0.15, -0.1) is 11.3 Å². The molecule has 32 heavy (non-hydrogen) atoms. The lowest BCUT2D eigenvalue weighted by atomic mass is 9.89. The number of hydrogen-bond acceptors (Lipinski definition) is 3. The number of thiophene rings is 1. The molecule has 1 atom stereocenters. The number of benzene rings is 2. The number of nitrogens with one attached hydrogen (secondary N) is 1. The molecule has 5 rings (SSSR count). The Kier molecular flexibility index (Phi) is 6.56. The number of likely N-dealkylation sites (tertiary alicyclic amines) is 1. The Morgan fingerprint density at radius 3 is 2.50 bits per heavy atom. The number of aryl methyl sites for hydroxylation is 1. The zero-order chi connectivity index (χ0) is 21.8. The van der Waals surface area contributed by atoms with E-state index in [9.17, 15) is 4.79 Å². The molecule has 1 N–H and O–H groups in total. The summed E-state index contributed by atoms with van der Waals surface area (Å²) in [5.41, 5.74) is 3.83. The summed E-state index contributed by atoms with van der Waals surface area (Å²) in [5.74, 6) is 0. The fourth-order valence-corrected chi connectivity index (χ4v) is 5.94. The first-order valence-corrected chi connectivity index (χ1v) is 12.6. The average Bonchev–Trinajstić information content (AvgIpc) is 3.36. The monoisotopic (exact) mass is 445 g/mol. The van der Waals surface area contributed by atoms with Gasteiger partial charge < -0.3 is 10.2 Å². The van der Waals surface area contributed by atoms with Gasteiger partial charge in [-0.25, -0.2) is 4.79 Å². The minimum Gasteiger partial charge on any atom is -0.338 e. The second-order valence-corrected chi connectivity index (χ2v) is 9.87. The maximum absolute atomic E-state index is 13.6. The van der Waals surface area contributed by atoms with E-state index >= 15 is 0 Å². The number of hydrogen-bond donors (Lipinski definition) is 1. The Labute approximate surface area is 194 Å². The maximum atomic E-state index is 13.6. The molecule has 0 aliphatic carbocycles. The molecule has 2 aliphatic rings. The van der Waals surface area contributed by atoms with E-state index in [1.807, 2.05) is 11.3 Å². The largest absolute Gasteiger partial charge is 0.338 e. The third-order valence-electron chi connectivity index (χ3n) is 6.79. The first kappa shape index (κ1) is 21.2. The predicted molar refractivity (Wildman–Crippen MR) is 131 cm³/mol. The molecule has 1 saturated heterocycles. The van der Waals surface area contributed by atoms with Crippen LogP contribution in [0.5, 0.6) is 0 Å². The average molecular weight is 446 g/mol. The second-order valence-electron chi connectivity index (χ2n) is 8.84. The van der Waals surface area contributed by atoms with E-state index in [-0.39, 0.29) is 18.1 Å². The minimum atomic E-state index is -0.0562. The van der Waals surface area contributed by atoms with Crippen molar-refractivity contribution < 1.29 is 4.79 Å². The summed E-state index contributed by atoms with van der Waals surface area (Å²) < 4.78 is 0. The molecule has 3 aromatic rings. The first-order chi connectivity index (χ1) is 15.8. The summed E-state index contributed by atoms with van der Waals surface area (Å²) in [6, 6.07) is 23.9. The molecular formula is C27H31N3OS. The zero-order valence-corrected chi connectivity index (χ0v) is 19.3. The van der Waals surface area contributed by atoms with Crippen molar-refractivity contribution in [3.8, 4) is 0 Å². The molecule has 0 bridgehead atoms. The van der Waals surface area contributed by atoms with Crippen molar-refractivity contribution in [1.82, 2.24) is 15.1 Å². The van der Waals surface area contributed by atoms with E-state index in [0.29, 0.717) is 0 Å². The van der Waals surface area contributed by atoms with Crippen molar-refractivity contribution in [3.05, 3.63) is 93.7 Å². The third kappa shape index (κ3) is 4.59. The van der Waals surface area contributed by atoms with Crippen molar-refractivity contribution in [2.24, 2.45) is 0 Å². The Balaban J connectivity index is 1.46. The maximum Gasteiger partial charge on any atom is 0.318 e. The van der Waals surface area contributed by atoms with E-state index in [4.69, 9.17) is 0 Å². The van der Waals surface area contributed by atoms with Gasteiger partial charge in [0.1, 0.15) is 0 Å². The van der Waals surface area contributed by atoms with Crippen molar-refractivity contribution in [1.29, 1.82) is 0 Å². The molecule has 4 nitrogen and oxygen atoms in total. The molecule has 3 heterocycles. The molecule has 1 aromatic heterocycles. The minimum absolute atomic E-state index is 0.0562. The third-order valence-corrected chi connectivity index (χ3v) is 7.65. The summed E-state index contributed by atoms with van der Waals surface area (Å²) in [4.78, 5) is 19.7. The van der Waals surface area contributed by atoms with Gasteiger partial charge >= 0.3 is 6.03 Å². The molecular weight excluding hydrogens is 414 g/mol. The Hall–Kier alpha value is -2.63. The summed E-state index contributed by atoms with van der Waals surface area (Å²) in [6.45, 7) is 3.79. The molecule has 166 valence electrons. The van der Waals surface area contributed by atoms with Crippen LogP contribution in [0.2, 0.25) is 0 Å². The second kappa shape index (κ2) is 9.88. The Morgan fingerprint density at radius 1 is 0.938 bits per heavy atom. The summed E-state index contributed by atoms with van der Waals surface area (Å²) in [7, 11) is 0. The highest BCUT2D eigenvalue weighted by atomic mass is 32.1. The lowest BCUT2D eigenvalue weighted by Gasteiger charge is -2.43. The topological polar surface area (TPSA) is 35.6 Å². The molecule has 2 amide bonds. The van der Waals surface area contributed by atoms with E-state index in [0.717, 1.165) is 51.9 Å². The molecule has 0 spiro atoms. The summed E-state index contributed by atoms with van der Waals surface area (Å²) in [5, 5.41) is 5.38. The van der Waals surface area contributed by atoms with E-state index in [1.165, 1.54) is 21.6 Å². The number of piperidine rings is 1. The molecule has 0 saturated carbocycles. The molecule has 2 aromatic carbocycles. The Bertz CT molecular complexity index is 1010. The van der Waals surface area contributed by atoms with Crippen LogP contribution in [-0.2, 0) is 13.0 Å². The van der Waals surface area contributed by atoms with Gasteiger partial charge in [-0.1, -0.05) is 60.7 Å². The first-order valence-electron chi connectivity index (χ1n) is 11.7. The molecule has 1 unspecified atom stereocenters. The van der Waals surface area contributed by atoms with Crippen LogP contribution in [0.25, 0.3) is 0 Å². The van der Waals surface area contributed by atoms with Gasteiger partial charge in [0.15, 0.2) is 0 Å². The van der Waals surface area contributed by atoms with Gasteiger partial charge in [0.2, 0.25) is 0 Å². The zero-order valence-electron chi connectivity index (χ0n) is 18.5. The SMILES string of the molecule is O=C1NCCCc2ccccc2C(c2ccccc2)N1C1CCN(Cc2cccs2)CC1. The number of urea groups is 1. The fourth-order valence-electron chi connectivity index (χ4n) is 5.19. The standard InChI is InChI=1S/C27H31N3OS/c31-27-28-16-6-11-21-8-4-5-13-25(21)26(22-9-2-1-3-10-22)30(27)23-14-17-29(18-15-23)20-24-12-7-19-32-24/h1-5,7-10,12-13,19,23,26H,6,11,14-18,20H2,(H,28,31). The van der Waals surface area contributed by atoms with Gasteiger partial charge in [-0.3, -0.25) is 4.90 Å². The number of amides is 2. The van der Waals surface area contributed by atoms with E-state index < -0.39 is 0 Å².